The monoisotopic (exact) mass is 458 g/mol. The average Bonchev–Trinajstić information content (AvgIpc) is 3.23. The molecular formula is C21H23BrN4O3. The van der Waals surface area contributed by atoms with Gasteiger partial charge >= 0.3 is 0 Å². The smallest absolute Gasteiger partial charge is 0.254 e. The maximum atomic E-state index is 12.5. The summed E-state index contributed by atoms with van der Waals surface area (Å²) in [7, 11) is 0. The van der Waals surface area contributed by atoms with Gasteiger partial charge in [-0.15, -0.1) is 0 Å². The molecule has 152 valence electrons. The van der Waals surface area contributed by atoms with Gasteiger partial charge < -0.3 is 21.1 Å². The number of benzene rings is 2. The van der Waals surface area contributed by atoms with Crippen LogP contribution < -0.4 is 11.1 Å². The highest BCUT2D eigenvalue weighted by Gasteiger charge is 2.22. The Kier molecular flexibility index (Phi) is 6.53. The first kappa shape index (κ1) is 20.9. The van der Waals surface area contributed by atoms with Gasteiger partial charge in [-0.25, -0.2) is 0 Å². The van der Waals surface area contributed by atoms with Gasteiger partial charge in [0.2, 0.25) is 0 Å². The Hall–Kier alpha value is -2.87. The summed E-state index contributed by atoms with van der Waals surface area (Å²) >= 11 is 3.41. The van der Waals surface area contributed by atoms with Crippen LogP contribution in [0.3, 0.4) is 0 Å². The Morgan fingerprint density at radius 2 is 1.83 bits per heavy atom. The first-order valence-corrected chi connectivity index (χ1v) is 10.2. The van der Waals surface area contributed by atoms with Crippen LogP contribution in [0.1, 0.15) is 44.7 Å². The molecule has 0 bridgehead atoms. The summed E-state index contributed by atoms with van der Waals surface area (Å²) in [6.45, 7) is 1.84. The fourth-order valence-corrected chi connectivity index (χ4v) is 3.83. The zero-order valence-corrected chi connectivity index (χ0v) is 17.5. The van der Waals surface area contributed by atoms with E-state index in [9.17, 15) is 14.7 Å². The number of nitrogens with one attached hydrogen (secondary N) is 2. The molecule has 3 rings (SSSR count). The molecule has 2 aromatic rings. The summed E-state index contributed by atoms with van der Waals surface area (Å²) in [6.07, 6.45) is 2.44. The van der Waals surface area contributed by atoms with E-state index >= 15 is 0 Å². The maximum Gasteiger partial charge on any atom is 0.254 e. The summed E-state index contributed by atoms with van der Waals surface area (Å²) in [6, 6.07) is 9.65. The van der Waals surface area contributed by atoms with Crippen LogP contribution in [-0.4, -0.2) is 47.3 Å². The van der Waals surface area contributed by atoms with Crippen LogP contribution in [0.5, 0.6) is 5.75 Å². The van der Waals surface area contributed by atoms with Gasteiger partial charge in [0.05, 0.1) is 5.56 Å². The minimum Gasteiger partial charge on any atom is -0.508 e. The topological polar surface area (TPSA) is 120 Å². The number of halogens is 1. The number of nitrogens with zero attached hydrogens (tertiary/aromatic N) is 1. The summed E-state index contributed by atoms with van der Waals surface area (Å²) < 4.78 is 0.592. The average molecular weight is 459 g/mol. The van der Waals surface area contributed by atoms with Gasteiger partial charge in [-0.2, -0.15) is 0 Å². The highest BCUT2D eigenvalue weighted by molar-refractivity contribution is 9.10. The van der Waals surface area contributed by atoms with Crippen molar-refractivity contribution >= 4 is 33.6 Å². The zero-order valence-electron chi connectivity index (χ0n) is 15.9. The van der Waals surface area contributed by atoms with Crippen LogP contribution in [0, 0.1) is 5.41 Å². The molecule has 0 unspecified atom stereocenters. The van der Waals surface area contributed by atoms with Gasteiger partial charge in [-0.3, -0.25) is 15.0 Å². The number of hydrogen-bond donors (Lipinski definition) is 4. The number of phenols is 1. The Bertz CT molecular complexity index is 955. The lowest BCUT2D eigenvalue weighted by Gasteiger charge is -2.16. The van der Waals surface area contributed by atoms with Gasteiger partial charge in [0.1, 0.15) is 11.6 Å². The number of carbonyl (C=O) groups is 2. The third kappa shape index (κ3) is 4.95. The van der Waals surface area contributed by atoms with E-state index in [2.05, 4.69) is 21.2 Å². The molecule has 0 radical (unpaired) electrons. The van der Waals surface area contributed by atoms with E-state index in [-0.39, 0.29) is 23.4 Å². The van der Waals surface area contributed by atoms with E-state index in [4.69, 9.17) is 11.1 Å². The molecule has 5 N–H and O–H groups in total. The molecule has 0 saturated carbocycles. The molecule has 1 fully saturated rings. The second kappa shape index (κ2) is 9.09. The number of nitrogen functional groups attached to an aromatic ring is 1. The first-order valence-electron chi connectivity index (χ1n) is 9.40. The third-order valence-corrected chi connectivity index (χ3v) is 5.58. The molecule has 0 aromatic heterocycles. The van der Waals surface area contributed by atoms with E-state index < -0.39 is 0 Å². The van der Waals surface area contributed by atoms with E-state index in [1.54, 1.807) is 30.3 Å². The van der Waals surface area contributed by atoms with Crippen LogP contribution in [-0.2, 0) is 6.42 Å². The normalized spacial score (nSPS) is 13.3. The summed E-state index contributed by atoms with van der Waals surface area (Å²) in [5.41, 5.74) is 7.59. The molecule has 1 aliphatic heterocycles. The van der Waals surface area contributed by atoms with Crippen LogP contribution in [0.2, 0.25) is 0 Å². The number of likely N-dealkylation sites (tertiary alicyclic amines) is 1. The van der Waals surface area contributed by atoms with Crippen molar-refractivity contribution in [3.05, 3.63) is 63.1 Å². The quantitative estimate of drug-likeness (QED) is 0.392. The highest BCUT2D eigenvalue weighted by atomic mass is 79.9. The molecule has 7 nitrogen and oxygen atoms in total. The number of amidine groups is 1. The second-order valence-corrected chi connectivity index (χ2v) is 7.81. The Labute approximate surface area is 177 Å². The van der Waals surface area contributed by atoms with Crippen molar-refractivity contribution in [3.63, 3.8) is 0 Å². The van der Waals surface area contributed by atoms with Crippen LogP contribution in [0.25, 0.3) is 0 Å². The van der Waals surface area contributed by atoms with Crippen molar-refractivity contribution in [2.24, 2.45) is 5.73 Å². The molecule has 0 aliphatic carbocycles. The van der Waals surface area contributed by atoms with Gasteiger partial charge in [0.25, 0.3) is 11.8 Å². The number of rotatable bonds is 6. The zero-order chi connectivity index (χ0) is 21.0. The molecule has 1 saturated heterocycles. The van der Waals surface area contributed by atoms with Crippen molar-refractivity contribution in [1.29, 1.82) is 5.41 Å². The van der Waals surface area contributed by atoms with Crippen molar-refractivity contribution in [2.45, 2.75) is 19.3 Å². The Morgan fingerprint density at radius 3 is 2.48 bits per heavy atom. The second-order valence-electron chi connectivity index (χ2n) is 6.96. The largest absolute Gasteiger partial charge is 0.508 e. The molecule has 29 heavy (non-hydrogen) atoms. The third-order valence-electron chi connectivity index (χ3n) is 4.93. The number of nitrogens with two attached hydrogens (primary N) is 1. The fourth-order valence-electron chi connectivity index (χ4n) is 3.29. The van der Waals surface area contributed by atoms with Crippen LogP contribution in [0.15, 0.2) is 40.9 Å². The number of aromatic hydroxyl groups is 1. The standard InChI is InChI=1S/C21H23BrN4O3/c22-17-12-15(3-5-16(17)21(29)26-9-1-2-10-26)20(28)25-8-7-13-11-14(19(23)24)4-6-18(13)27/h3-6,11-12,27H,1-2,7-10H2,(H3,23,24)(H,25,28). The molecule has 0 atom stereocenters. The van der Waals surface area contributed by atoms with E-state index in [1.165, 1.54) is 6.07 Å². The van der Waals surface area contributed by atoms with Crippen LogP contribution in [0.4, 0.5) is 0 Å². The molecule has 1 aliphatic rings. The van der Waals surface area contributed by atoms with Gasteiger partial charge in [-0.05, 0) is 77.2 Å². The lowest BCUT2D eigenvalue weighted by molar-refractivity contribution is 0.0791. The van der Waals surface area contributed by atoms with Crippen molar-refractivity contribution < 1.29 is 14.7 Å². The van der Waals surface area contributed by atoms with Gasteiger partial charge in [-0.1, -0.05) is 0 Å². The molecule has 0 spiro atoms. The summed E-state index contributed by atoms with van der Waals surface area (Å²) in [5.74, 6) is -0.282. The van der Waals surface area contributed by atoms with E-state index in [0.717, 1.165) is 25.9 Å². The Morgan fingerprint density at radius 1 is 1.14 bits per heavy atom. The van der Waals surface area contributed by atoms with Crippen molar-refractivity contribution in [2.75, 3.05) is 19.6 Å². The van der Waals surface area contributed by atoms with E-state index in [1.807, 2.05) is 4.90 Å². The molecule has 8 heteroatoms. The van der Waals surface area contributed by atoms with E-state index in [0.29, 0.717) is 39.7 Å². The van der Waals surface area contributed by atoms with Crippen LogP contribution >= 0.6 is 15.9 Å². The lowest BCUT2D eigenvalue weighted by atomic mass is 10.1. The minimum absolute atomic E-state index is 0.0258. The first-order chi connectivity index (χ1) is 13.9. The van der Waals surface area contributed by atoms with Crippen molar-refractivity contribution in [3.8, 4) is 5.75 Å². The molecule has 2 aromatic carbocycles. The molecule has 1 heterocycles. The fraction of sp³-hybridized carbons (Fsp3) is 0.286. The predicted molar refractivity (Wildman–Crippen MR) is 114 cm³/mol. The molecular weight excluding hydrogens is 436 g/mol. The lowest BCUT2D eigenvalue weighted by Crippen LogP contribution is -2.28. The highest BCUT2D eigenvalue weighted by Crippen LogP contribution is 2.23. The van der Waals surface area contributed by atoms with Crippen molar-refractivity contribution in [1.82, 2.24) is 10.2 Å². The van der Waals surface area contributed by atoms with Gasteiger partial charge in [0.15, 0.2) is 0 Å². The summed E-state index contributed by atoms with van der Waals surface area (Å²) in [4.78, 5) is 26.8. The van der Waals surface area contributed by atoms with Gasteiger partial charge in [0, 0.05) is 35.2 Å². The summed E-state index contributed by atoms with van der Waals surface area (Å²) in [5, 5.41) is 20.2. The minimum atomic E-state index is -0.270. The number of carbonyl (C=O) groups excluding carboxylic acids is 2. The maximum absolute atomic E-state index is 12.5. The number of phenolic OH excluding ortho intramolecular Hbond substituents is 1. The Balaban J connectivity index is 1.61. The number of amides is 2. The molecule has 2 amide bonds. The SMILES string of the molecule is N=C(N)c1ccc(O)c(CCNC(=O)c2ccc(C(=O)N3CCCC3)c(Br)c2)c1. The number of hydrogen-bond acceptors (Lipinski definition) is 4. The predicted octanol–water partition coefficient (Wildman–Crippen LogP) is 2.65.